The number of piperidine rings is 1. The highest BCUT2D eigenvalue weighted by Gasteiger charge is 2.31. The van der Waals surface area contributed by atoms with Crippen LogP contribution in [0.5, 0.6) is 0 Å². The molecule has 1 N–H and O–H groups in total. The van der Waals surface area contributed by atoms with Crippen LogP contribution < -0.4 is 10.2 Å². The molecule has 1 aliphatic rings. The summed E-state index contributed by atoms with van der Waals surface area (Å²) in [5.74, 6) is 1.80. The molecule has 0 aliphatic carbocycles. The average Bonchev–Trinajstić information content (AvgIpc) is 2.45. The molecule has 0 amide bonds. The van der Waals surface area contributed by atoms with Crippen molar-refractivity contribution < 1.29 is 4.92 Å². The maximum Gasteiger partial charge on any atom is 0.311 e. The van der Waals surface area contributed by atoms with Crippen LogP contribution in [0.25, 0.3) is 0 Å². The summed E-state index contributed by atoms with van der Waals surface area (Å²) in [4.78, 5) is 17.3. The van der Waals surface area contributed by atoms with Gasteiger partial charge in [0.1, 0.15) is 5.82 Å². The molecule has 0 unspecified atom stereocenters. The summed E-state index contributed by atoms with van der Waals surface area (Å²) in [5.41, 5.74) is 0.376. The van der Waals surface area contributed by atoms with Crippen molar-refractivity contribution in [2.75, 3.05) is 30.4 Å². The van der Waals surface area contributed by atoms with Gasteiger partial charge in [0.25, 0.3) is 0 Å². The van der Waals surface area contributed by atoms with Crippen molar-refractivity contribution >= 4 is 17.3 Å². The van der Waals surface area contributed by atoms with E-state index < -0.39 is 0 Å². The first-order valence-electron chi connectivity index (χ1n) is 7.41. The van der Waals surface area contributed by atoms with E-state index in [4.69, 9.17) is 0 Å². The third-order valence-corrected chi connectivity index (χ3v) is 4.33. The van der Waals surface area contributed by atoms with Gasteiger partial charge in [0, 0.05) is 26.2 Å². The molecule has 1 aromatic heterocycles. The van der Waals surface area contributed by atoms with E-state index in [9.17, 15) is 10.1 Å². The minimum Gasteiger partial charge on any atom is -0.373 e. The lowest BCUT2D eigenvalue weighted by Gasteiger charge is -2.39. The van der Waals surface area contributed by atoms with E-state index in [2.05, 4.69) is 31.1 Å². The van der Waals surface area contributed by atoms with Gasteiger partial charge in [-0.2, -0.15) is 0 Å². The second-order valence-corrected chi connectivity index (χ2v) is 6.67. The maximum atomic E-state index is 11.2. The molecular formula is C15H24N4O2. The summed E-state index contributed by atoms with van der Waals surface area (Å²) in [6, 6.07) is 3.17. The predicted molar refractivity (Wildman–Crippen MR) is 84.8 cm³/mol. The van der Waals surface area contributed by atoms with Gasteiger partial charge in [-0.15, -0.1) is 0 Å². The van der Waals surface area contributed by atoms with Crippen LogP contribution in [-0.2, 0) is 0 Å². The Labute approximate surface area is 125 Å². The van der Waals surface area contributed by atoms with E-state index in [1.807, 2.05) is 4.90 Å². The molecular weight excluding hydrogens is 268 g/mol. The molecule has 0 spiro atoms. The van der Waals surface area contributed by atoms with Gasteiger partial charge in [0.2, 0.25) is 5.82 Å². The summed E-state index contributed by atoms with van der Waals surface area (Å²) in [6.45, 7) is 8.42. The highest BCUT2D eigenvalue weighted by atomic mass is 16.6. The van der Waals surface area contributed by atoms with Crippen LogP contribution in [0, 0.1) is 21.4 Å². The molecule has 0 bridgehead atoms. The molecule has 6 nitrogen and oxygen atoms in total. The minimum absolute atomic E-state index is 0.0863. The third kappa shape index (κ3) is 3.43. The zero-order valence-corrected chi connectivity index (χ0v) is 13.2. The summed E-state index contributed by atoms with van der Waals surface area (Å²) in [5, 5.41) is 14.2. The Morgan fingerprint density at radius 1 is 1.33 bits per heavy atom. The van der Waals surface area contributed by atoms with E-state index in [1.54, 1.807) is 13.1 Å². The Morgan fingerprint density at radius 2 is 1.95 bits per heavy atom. The molecule has 1 fully saturated rings. The number of nitrogens with zero attached hydrogens (tertiary/aromatic N) is 3. The van der Waals surface area contributed by atoms with E-state index >= 15 is 0 Å². The van der Waals surface area contributed by atoms with Gasteiger partial charge < -0.3 is 10.2 Å². The second kappa shape index (κ2) is 5.87. The summed E-state index contributed by atoms with van der Waals surface area (Å²) in [6.07, 6.45) is 2.10. The number of aromatic nitrogens is 1. The topological polar surface area (TPSA) is 71.3 Å². The van der Waals surface area contributed by atoms with E-state index in [-0.39, 0.29) is 16.0 Å². The fraction of sp³-hybridized carbons (Fsp3) is 0.667. The number of nitro groups is 1. The molecule has 0 atom stereocenters. The van der Waals surface area contributed by atoms with Crippen molar-refractivity contribution in [3.05, 3.63) is 22.2 Å². The quantitative estimate of drug-likeness (QED) is 0.683. The third-order valence-electron chi connectivity index (χ3n) is 4.33. The van der Waals surface area contributed by atoms with Crippen LogP contribution in [0.1, 0.15) is 33.6 Å². The fourth-order valence-electron chi connectivity index (χ4n) is 2.91. The zero-order valence-electron chi connectivity index (χ0n) is 13.2. The van der Waals surface area contributed by atoms with Gasteiger partial charge in [0.15, 0.2) is 0 Å². The van der Waals surface area contributed by atoms with Crippen LogP contribution in [0.2, 0.25) is 0 Å². The molecule has 116 valence electrons. The number of pyridine rings is 1. The van der Waals surface area contributed by atoms with Crippen LogP contribution in [0.4, 0.5) is 17.3 Å². The van der Waals surface area contributed by atoms with Gasteiger partial charge in [-0.25, -0.2) is 4.98 Å². The molecule has 6 heteroatoms. The largest absolute Gasteiger partial charge is 0.373 e. The lowest BCUT2D eigenvalue weighted by Crippen LogP contribution is -2.38. The second-order valence-electron chi connectivity index (χ2n) is 6.67. The van der Waals surface area contributed by atoms with Crippen molar-refractivity contribution in [3.63, 3.8) is 0 Å². The number of hydrogen-bond donors (Lipinski definition) is 1. The molecule has 0 aromatic carbocycles. The molecule has 1 aliphatic heterocycles. The van der Waals surface area contributed by atoms with Gasteiger partial charge in [-0.3, -0.25) is 10.1 Å². The minimum atomic E-state index is -0.350. The van der Waals surface area contributed by atoms with Gasteiger partial charge in [-0.1, -0.05) is 20.8 Å². The van der Waals surface area contributed by atoms with Crippen LogP contribution >= 0.6 is 0 Å². The summed E-state index contributed by atoms with van der Waals surface area (Å²) in [7, 11) is 1.77. The Balaban J connectivity index is 2.21. The van der Waals surface area contributed by atoms with Crippen LogP contribution in [0.15, 0.2) is 12.1 Å². The highest BCUT2D eigenvalue weighted by molar-refractivity contribution is 5.61. The Morgan fingerprint density at radius 3 is 2.43 bits per heavy atom. The maximum absolute atomic E-state index is 11.2. The van der Waals surface area contributed by atoms with Crippen LogP contribution in [-0.4, -0.2) is 30.0 Å². The first-order valence-corrected chi connectivity index (χ1v) is 7.41. The molecule has 1 aromatic rings. The van der Waals surface area contributed by atoms with E-state index in [1.165, 1.54) is 6.07 Å². The molecule has 2 rings (SSSR count). The summed E-state index contributed by atoms with van der Waals surface area (Å²) >= 11 is 0. The van der Waals surface area contributed by atoms with Crippen molar-refractivity contribution in [1.29, 1.82) is 0 Å². The lowest BCUT2D eigenvalue weighted by molar-refractivity contribution is -0.384. The normalized spacial score (nSPS) is 16.9. The van der Waals surface area contributed by atoms with Crippen LogP contribution in [0.3, 0.4) is 0 Å². The molecule has 2 heterocycles. The first-order chi connectivity index (χ1) is 9.82. The molecule has 0 radical (unpaired) electrons. The SMILES string of the molecule is CNc1ccc([N+](=O)[O-])c(N2CCC(C(C)(C)C)CC2)n1. The highest BCUT2D eigenvalue weighted by Crippen LogP contribution is 2.37. The standard InChI is InChI=1S/C15H24N4O2/c1-15(2,3)11-7-9-18(10-8-11)14-12(19(20)21)5-6-13(16-4)17-14/h5-6,11H,7-10H2,1-4H3,(H,16,17). The molecule has 1 saturated heterocycles. The number of rotatable bonds is 3. The Hall–Kier alpha value is -1.85. The molecule has 21 heavy (non-hydrogen) atoms. The van der Waals surface area contributed by atoms with Gasteiger partial charge in [0.05, 0.1) is 4.92 Å². The van der Waals surface area contributed by atoms with Crippen molar-refractivity contribution in [1.82, 2.24) is 4.98 Å². The van der Waals surface area contributed by atoms with Crippen molar-refractivity contribution in [2.24, 2.45) is 11.3 Å². The molecule has 0 saturated carbocycles. The van der Waals surface area contributed by atoms with Crippen molar-refractivity contribution in [2.45, 2.75) is 33.6 Å². The number of anilines is 2. The van der Waals surface area contributed by atoms with Crippen molar-refractivity contribution in [3.8, 4) is 0 Å². The van der Waals surface area contributed by atoms with E-state index in [0.29, 0.717) is 17.6 Å². The Bertz CT molecular complexity index is 517. The first kappa shape index (κ1) is 15.5. The predicted octanol–water partition coefficient (Wildman–Crippen LogP) is 3.29. The van der Waals surface area contributed by atoms with E-state index in [0.717, 1.165) is 25.9 Å². The lowest BCUT2D eigenvalue weighted by atomic mass is 9.75. The number of nitrogens with one attached hydrogen (secondary N) is 1. The van der Waals surface area contributed by atoms with Gasteiger partial charge in [-0.05, 0) is 30.2 Å². The summed E-state index contributed by atoms with van der Waals surface area (Å²) < 4.78 is 0. The zero-order chi connectivity index (χ0) is 15.6. The number of hydrogen-bond acceptors (Lipinski definition) is 5. The Kier molecular flexibility index (Phi) is 4.34. The fourth-order valence-corrected chi connectivity index (χ4v) is 2.91. The monoisotopic (exact) mass is 292 g/mol. The smallest absolute Gasteiger partial charge is 0.311 e. The van der Waals surface area contributed by atoms with Gasteiger partial charge >= 0.3 is 5.69 Å². The average molecular weight is 292 g/mol.